The minimum atomic E-state index is -0.0900. The Hall–Kier alpha value is -1.13. The van der Waals surface area contributed by atoms with E-state index in [0.29, 0.717) is 0 Å². The van der Waals surface area contributed by atoms with Crippen molar-refractivity contribution in [3.05, 3.63) is 35.3 Å². The SMILES string of the molecule is C=C(/C=C\C(=C/C)C(=O)N1CCNCC1)S(=C)C. The largest absolute Gasteiger partial charge is 0.336 e. The molecule has 0 aromatic rings. The molecule has 1 saturated heterocycles. The fraction of sp³-hybridized carbons (Fsp3) is 0.429. The lowest BCUT2D eigenvalue weighted by Gasteiger charge is -2.27. The second-order valence-electron chi connectivity index (χ2n) is 4.22. The molecule has 1 unspecified atom stereocenters. The Morgan fingerprint density at radius 3 is 2.44 bits per heavy atom. The number of carbonyl (C=O) groups is 1. The highest BCUT2D eigenvalue weighted by Crippen LogP contribution is 2.18. The van der Waals surface area contributed by atoms with Gasteiger partial charge in [0.25, 0.3) is 5.91 Å². The third kappa shape index (κ3) is 4.27. The first-order valence-electron chi connectivity index (χ1n) is 6.05. The summed E-state index contributed by atoms with van der Waals surface area (Å²) < 4.78 is 0. The van der Waals surface area contributed by atoms with Crippen molar-refractivity contribution >= 4 is 22.3 Å². The number of carbonyl (C=O) groups excluding carboxylic acids is 1. The second-order valence-corrected chi connectivity index (χ2v) is 6.02. The van der Waals surface area contributed by atoms with Crippen LogP contribution in [0.1, 0.15) is 6.92 Å². The normalized spacial score (nSPS) is 19.0. The molecule has 1 amide bonds. The number of piperazine rings is 1. The summed E-state index contributed by atoms with van der Waals surface area (Å²) in [4.78, 5) is 15.1. The van der Waals surface area contributed by atoms with Crippen LogP contribution >= 0.6 is 10.5 Å². The molecule has 100 valence electrons. The maximum Gasteiger partial charge on any atom is 0.253 e. The highest BCUT2D eigenvalue weighted by molar-refractivity contribution is 8.17. The molecule has 1 atom stereocenters. The molecule has 0 spiro atoms. The van der Waals surface area contributed by atoms with Crippen LogP contribution in [0.3, 0.4) is 0 Å². The molecule has 3 nitrogen and oxygen atoms in total. The Kier molecular flexibility index (Phi) is 6.09. The number of hydrogen-bond acceptors (Lipinski definition) is 2. The van der Waals surface area contributed by atoms with Crippen LogP contribution in [0.25, 0.3) is 0 Å². The second kappa shape index (κ2) is 7.34. The molecular weight excluding hydrogens is 244 g/mol. The maximum absolute atomic E-state index is 12.2. The van der Waals surface area contributed by atoms with E-state index >= 15 is 0 Å². The van der Waals surface area contributed by atoms with E-state index in [1.54, 1.807) is 0 Å². The Labute approximate surface area is 112 Å². The van der Waals surface area contributed by atoms with Crippen molar-refractivity contribution in [2.75, 3.05) is 32.4 Å². The van der Waals surface area contributed by atoms with Crippen molar-refractivity contribution < 1.29 is 4.79 Å². The highest BCUT2D eigenvalue weighted by atomic mass is 32.2. The fourth-order valence-electron chi connectivity index (χ4n) is 1.64. The molecule has 0 aliphatic carbocycles. The zero-order valence-corrected chi connectivity index (χ0v) is 12.1. The van der Waals surface area contributed by atoms with Crippen LogP contribution in [-0.4, -0.2) is 49.1 Å². The number of nitrogens with one attached hydrogen (secondary N) is 1. The smallest absolute Gasteiger partial charge is 0.253 e. The summed E-state index contributed by atoms with van der Waals surface area (Å²) >= 11 is 0. The molecule has 1 N–H and O–H groups in total. The molecule has 0 radical (unpaired) electrons. The van der Waals surface area contributed by atoms with Gasteiger partial charge in [-0.1, -0.05) is 18.5 Å². The Bertz CT molecular complexity index is 404. The predicted molar refractivity (Wildman–Crippen MR) is 82.1 cm³/mol. The summed E-state index contributed by atoms with van der Waals surface area (Å²) in [6.07, 6.45) is 7.61. The molecule has 1 aliphatic heterocycles. The van der Waals surface area contributed by atoms with Gasteiger partial charge >= 0.3 is 0 Å². The minimum Gasteiger partial charge on any atom is -0.336 e. The van der Waals surface area contributed by atoms with Crippen LogP contribution in [0, 0.1) is 0 Å². The van der Waals surface area contributed by atoms with E-state index in [2.05, 4.69) is 17.8 Å². The lowest BCUT2D eigenvalue weighted by molar-refractivity contribution is -0.127. The van der Waals surface area contributed by atoms with Crippen LogP contribution in [0.5, 0.6) is 0 Å². The third-order valence-corrected chi connectivity index (χ3v) is 3.89. The Morgan fingerprint density at radius 2 is 1.94 bits per heavy atom. The van der Waals surface area contributed by atoms with Gasteiger partial charge in [0.05, 0.1) is 0 Å². The summed E-state index contributed by atoms with van der Waals surface area (Å²) in [7, 11) is -0.0900. The highest BCUT2D eigenvalue weighted by Gasteiger charge is 2.17. The van der Waals surface area contributed by atoms with Gasteiger partial charge in [0.1, 0.15) is 0 Å². The first kappa shape index (κ1) is 14.9. The van der Waals surface area contributed by atoms with E-state index in [-0.39, 0.29) is 16.4 Å². The van der Waals surface area contributed by atoms with Crippen molar-refractivity contribution in [1.29, 1.82) is 0 Å². The number of rotatable bonds is 4. The molecule has 0 bridgehead atoms. The van der Waals surface area contributed by atoms with Gasteiger partial charge in [-0.15, -0.1) is 0 Å². The monoisotopic (exact) mass is 266 g/mol. The zero-order valence-electron chi connectivity index (χ0n) is 11.2. The average Bonchev–Trinajstić information content (AvgIpc) is 2.39. The van der Waals surface area contributed by atoms with Gasteiger partial charge in [-0.3, -0.25) is 4.79 Å². The number of nitrogens with zero attached hydrogens (tertiary/aromatic N) is 1. The fourth-order valence-corrected chi connectivity index (χ4v) is 1.94. The van der Waals surface area contributed by atoms with E-state index < -0.39 is 0 Å². The van der Waals surface area contributed by atoms with Crippen LogP contribution in [0.4, 0.5) is 0 Å². The summed E-state index contributed by atoms with van der Waals surface area (Å²) in [5.41, 5.74) is 0.725. The van der Waals surface area contributed by atoms with Crippen molar-refractivity contribution in [1.82, 2.24) is 10.2 Å². The maximum atomic E-state index is 12.2. The predicted octanol–water partition coefficient (Wildman–Crippen LogP) is 1.77. The topological polar surface area (TPSA) is 32.3 Å². The van der Waals surface area contributed by atoms with E-state index in [1.165, 1.54) is 0 Å². The first-order chi connectivity index (χ1) is 8.56. The van der Waals surface area contributed by atoms with E-state index in [4.69, 9.17) is 0 Å². The standard InChI is InChI=1S/C14H22N2OS/c1-5-13(7-6-12(2)18(3)4)14(17)16-10-8-15-9-11-16/h5-7,15H,2-3,8-11H2,1,4H3/b7-6-,13-5+. The molecule has 0 aromatic heterocycles. The molecule has 0 saturated carbocycles. The Morgan fingerprint density at radius 1 is 1.33 bits per heavy atom. The minimum absolute atomic E-state index is 0.0900. The van der Waals surface area contributed by atoms with Gasteiger partial charge < -0.3 is 10.2 Å². The van der Waals surface area contributed by atoms with E-state index in [1.807, 2.05) is 36.3 Å². The molecule has 0 aromatic carbocycles. The van der Waals surface area contributed by atoms with Crippen LogP contribution in [-0.2, 0) is 4.79 Å². The van der Waals surface area contributed by atoms with Crippen LogP contribution < -0.4 is 5.32 Å². The lowest BCUT2D eigenvalue weighted by Crippen LogP contribution is -2.46. The quantitative estimate of drug-likeness (QED) is 0.478. The summed E-state index contributed by atoms with van der Waals surface area (Å²) in [5.74, 6) is 4.03. The van der Waals surface area contributed by atoms with E-state index in [9.17, 15) is 4.79 Å². The van der Waals surface area contributed by atoms with Gasteiger partial charge in [-0.2, -0.15) is 10.5 Å². The Balaban J connectivity index is 2.69. The molecule has 1 rings (SSSR count). The van der Waals surface area contributed by atoms with Gasteiger partial charge in [-0.25, -0.2) is 0 Å². The van der Waals surface area contributed by atoms with Crippen LogP contribution in [0.2, 0.25) is 0 Å². The molecule has 1 fully saturated rings. The number of allylic oxidation sites excluding steroid dienone is 2. The van der Waals surface area contributed by atoms with Crippen molar-refractivity contribution in [2.45, 2.75) is 6.92 Å². The number of amides is 1. The molecule has 1 aliphatic rings. The van der Waals surface area contributed by atoms with Gasteiger partial charge in [-0.05, 0) is 30.2 Å². The lowest BCUT2D eigenvalue weighted by atomic mass is 10.2. The summed E-state index contributed by atoms with van der Waals surface area (Å²) in [5, 5.41) is 3.24. The number of hydrogen-bond donors (Lipinski definition) is 1. The zero-order chi connectivity index (χ0) is 13.5. The van der Waals surface area contributed by atoms with Crippen molar-refractivity contribution in [3.8, 4) is 0 Å². The van der Waals surface area contributed by atoms with Crippen molar-refractivity contribution in [2.24, 2.45) is 0 Å². The summed E-state index contributed by atoms with van der Waals surface area (Å²) in [6.45, 7) is 9.12. The first-order valence-corrected chi connectivity index (χ1v) is 7.85. The van der Waals surface area contributed by atoms with Gasteiger partial charge in [0.2, 0.25) is 0 Å². The molecule has 1 heterocycles. The van der Waals surface area contributed by atoms with Gasteiger partial charge in [0, 0.05) is 31.8 Å². The van der Waals surface area contributed by atoms with Gasteiger partial charge in [0.15, 0.2) is 0 Å². The van der Waals surface area contributed by atoms with Crippen molar-refractivity contribution in [3.63, 3.8) is 0 Å². The average molecular weight is 266 g/mol. The molecular formula is C14H22N2OS. The third-order valence-electron chi connectivity index (χ3n) is 2.86. The summed E-state index contributed by atoms with van der Waals surface area (Å²) in [6, 6.07) is 0. The molecule has 4 heteroatoms. The molecule has 18 heavy (non-hydrogen) atoms. The van der Waals surface area contributed by atoms with E-state index in [0.717, 1.165) is 36.7 Å². The van der Waals surface area contributed by atoms with Crippen LogP contribution in [0.15, 0.2) is 35.3 Å².